The molecule has 0 spiro atoms. The highest BCUT2D eigenvalue weighted by Gasteiger charge is 2.10. The average molecular weight is 480 g/mol. The Morgan fingerprint density at radius 1 is 0.944 bits per heavy atom. The molecule has 0 atom stereocenters. The Morgan fingerprint density at radius 3 is 2.50 bits per heavy atom. The first-order valence-corrected chi connectivity index (χ1v) is 11.2. The van der Waals surface area contributed by atoms with Gasteiger partial charge in [-0.15, -0.1) is 5.10 Å². The van der Waals surface area contributed by atoms with E-state index in [2.05, 4.69) is 36.6 Å². The van der Waals surface area contributed by atoms with Gasteiger partial charge in [-0.2, -0.15) is 0 Å². The summed E-state index contributed by atoms with van der Waals surface area (Å²) in [6, 6.07) is 17.4. The average Bonchev–Trinajstić information content (AvgIpc) is 3.37. The maximum absolute atomic E-state index is 12.5. The molecular formula is C26H21N7O3. The van der Waals surface area contributed by atoms with Gasteiger partial charge in [0.25, 0.3) is 5.91 Å². The van der Waals surface area contributed by atoms with E-state index < -0.39 is 5.97 Å². The second kappa shape index (κ2) is 10.1. The van der Waals surface area contributed by atoms with E-state index in [0.29, 0.717) is 29.9 Å². The number of carboxylic acid groups (broad SMARTS) is 1. The van der Waals surface area contributed by atoms with Gasteiger partial charge < -0.3 is 10.4 Å². The first-order valence-electron chi connectivity index (χ1n) is 11.2. The number of pyridine rings is 1. The van der Waals surface area contributed by atoms with Crippen molar-refractivity contribution in [2.75, 3.05) is 6.54 Å². The van der Waals surface area contributed by atoms with E-state index in [1.165, 1.54) is 12.4 Å². The molecule has 5 rings (SSSR count). The Hall–Kier alpha value is -4.99. The third kappa shape index (κ3) is 5.22. The van der Waals surface area contributed by atoms with Crippen molar-refractivity contribution in [3.05, 3.63) is 102 Å². The van der Waals surface area contributed by atoms with Crippen molar-refractivity contribution in [1.29, 1.82) is 0 Å². The summed E-state index contributed by atoms with van der Waals surface area (Å²) in [6.45, 7) is 0.991. The normalized spacial score (nSPS) is 10.9. The molecule has 1 amide bonds. The van der Waals surface area contributed by atoms with Gasteiger partial charge in [0.05, 0.1) is 18.3 Å². The summed E-state index contributed by atoms with van der Waals surface area (Å²) in [5, 5.41) is 21.2. The van der Waals surface area contributed by atoms with Gasteiger partial charge in [-0.3, -0.25) is 9.78 Å². The zero-order valence-electron chi connectivity index (χ0n) is 19.1. The van der Waals surface area contributed by atoms with Crippen LogP contribution >= 0.6 is 0 Å². The minimum atomic E-state index is -1.19. The molecule has 178 valence electrons. The lowest BCUT2D eigenvalue weighted by atomic mass is 10.1. The summed E-state index contributed by atoms with van der Waals surface area (Å²) < 4.78 is 1.65. The topological polar surface area (TPSA) is 136 Å². The number of hydrogen-bond donors (Lipinski definition) is 2. The van der Waals surface area contributed by atoms with Crippen LogP contribution in [0.5, 0.6) is 0 Å². The number of nitrogens with zero attached hydrogens (tertiary/aromatic N) is 6. The third-order valence-electron chi connectivity index (χ3n) is 5.60. The number of carboxylic acids is 1. The predicted octanol–water partition coefficient (Wildman–Crippen LogP) is 3.00. The first-order chi connectivity index (χ1) is 17.5. The summed E-state index contributed by atoms with van der Waals surface area (Å²) in [7, 11) is 0. The van der Waals surface area contributed by atoms with Gasteiger partial charge in [-0.25, -0.2) is 19.4 Å². The monoisotopic (exact) mass is 479 g/mol. The third-order valence-corrected chi connectivity index (χ3v) is 5.60. The molecule has 2 N–H and O–H groups in total. The number of amides is 1. The first kappa shape index (κ1) is 22.8. The maximum Gasteiger partial charge on any atom is 0.373 e. The molecule has 10 heteroatoms. The number of aromatic carboxylic acids is 1. The predicted molar refractivity (Wildman–Crippen MR) is 131 cm³/mol. The Labute approximate surface area is 205 Å². The fraction of sp³-hybridized carbons (Fsp3) is 0.115. The zero-order valence-corrected chi connectivity index (χ0v) is 19.1. The maximum atomic E-state index is 12.5. The summed E-state index contributed by atoms with van der Waals surface area (Å²) in [5.41, 5.74) is 4.73. The van der Waals surface area contributed by atoms with Crippen LogP contribution in [0, 0.1) is 0 Å². The van der Waals surface area contributed by atoms with Crippen molar-refractivity contribution < 1.29 is 14.7 Å². The molecule has 0 aliphatic carbocycles. The second-order valence-electron chi connectivity index (χ2n) is 8.14. The van der Waals surface area contributed by atoms with Crippen LogP contribution in [0.1, 0.15) is 32.1 Å². The smallest absolute Gasteiger partial charge is 0.373 e. The SMILES string of the molecule is O=C(NCCc1ccc2ncccc2c1)c1ccc(Cn2cc(-c3cnc(C(=O)O)nc3)nn2)cc1. The Morgan fingerprint density at radius 2 is 1.72 bits per heavy atom. The van der Waals surface area contributed by atoms with Crippen LogP contribution in [0.3, 0.4) is 0 Å². The molecule has 0 aliphatic rings. The Balaban J connectivity index is 1.15. The number of hydrogen-bond acceptors (Lipinski definition) is 7. The van der Waals surface area contributed by atoms with Crippen molar-refractivity contribution in [2.45, 2.75) is 13.0 Å². The van der Waals surface area contributed by atoms with Gasteiger partial charge in [0.15, 0.2) is 0 Å². The second-order valence-corrected chi connectivity index (χ2v) is 8.14. The van der Waals surface area contributed by atoms with E-state index in [4.69, 9.17) is 5.11 Å². The molecule has 2 aromatic carbocycles. The van der Waals surface area contributed by atoms with Crippen molar-refractivity contribution in [3.8, 4) is 11.3 Å². The molecule has 0 fully saturated rings. The van der Waals surface area contributed by atoms with Crippen molar-refractivity contribution in [2.24, 2.45) is 0 Å². The number of benzene rings is 2. The summed E-state index contributed by atoms with van der Waals surface area (Å²) >= 11 is 0. The highest BCUT2D eigenvalue weighted by atomic mass is 16.4. The molecule has 36 heavy (non-hydrogen) atoms. The van der Waals surface area contributed by atoms with Gasteiger partial charge in [0, 0.05) is 41.6 Å². The van der Waals surface area contributed by atoms with Crippen molar-refractivity contribution in [1.82, 2.24) is 35.3 Å². The number of nitrogens with one attached hydrogen (secondary N) is 1. The van der Waals surface area contributed by atoms with Crippen LogP contribution < -0.4 is 5.32 Å². The highest BCUT2D eigenvalue weighted by molar-refractivity contribution is 5.94. The molecule has 3 aromatic heterocycles. The standard InChI is InChI=1S/C26H21N7O3/c34-25(28-11-9-17-5-8-22-20(12-17)2-1-10-27-22)19-6-3-18(4-7-19)15-33-16-23(31-32-33)21-13-29-24(26(35)36)30-14-21/h1-8,10,12-14,16H,9,11,15H2,(H,28,34)(H,35,36). The molecule has 3 heterocycles. The van der Waals surface area contributed by atoms with E-state index in [1.54, 1.807) is 29.2 Å². The highest BCUT2D eigenvalue weighted by Crippen LogP contribution is 2.15. The number of fused-ring (bicyclic) bond motifs is 1. The van der Waals surface area contributed by atoms with Gasteiger partial charge >= 0.3 is 5.97 Å². The molecule has 0 unspecified atom stereocenters. The molecule has 10 nitrogen and oxygen atoms in total. The van der Waals surface area contributed by atoms with E-state index >= 15 is 0 Å². The fourth-order valence-corrected chi connectivity index (χ4v) is 3.73. The minimum Gasteiger partial charge on any atom is -0.475 e. The van der Waals surface area contributed by atoms with Crippen LogP contribution in [0.2, 0.25) is 0 Å². The van der Waals surface area contributed by atoms with E-state index in [-0.39, 0.29) is 11.7 Å². The van der Waals surface area contributed by atoms with Gasteiger partial charge in [-0.1, -0.05) is 29.5 Å². The zero-order chi connectivity index (χ0) is 24.9. The number of carbonyl (C=O) groups excluding carboxylic acids is 1. The minimum absolute atomic E-state index is 0.128. The lowest BCUT2D eigenvalue weighted by Gasteiger charge is -2.07. The molecule has 0 saturated heterocycles. The van der Waals surface area contributed by atoms with Gasteiger partial charge in [0.2, 0.25) is 5.82 Å². The summed E-state index contributed by atoms with van der Waals surface area (Å²) in [4.78, 5) is 35.4. The van der Waals surface area contributed by atoms with Crippen molar-refractivity contribution >= 4 is 22.8 Å². The van der Waals surface area contributed by atoms with Crippen molar-refractivity contribution in [3.63, 3.8) is 0 Å². The number of carbonyl (C=O) groups is 2. The molecule has 0 bridgehead atoms. The molecule has 5 aromatic rings. The van der Waals surface area contributed by atoms with Gasteiger partial charge in [-0.05, 0) is 47.9 Å². The van der Waals surface area contributed by atoms with Crippen LogP contribution in [-0.4, -0.2) is 53.5 Å². The summed E-state index contributed by atoms with van der Waals surface area (Å²) in [5.74, 6) is -1.59. The lowest BCUT2D eigenvalue weighted by Crippen LogP contribution is -2.25. The van der Waals surface area contributed by atoms with Crippen LogP contribution in [0.25, 0.3) is 22.2 Å². The van der Waals surface area contributed by atoms with Crippen LogP contribution in [-0.2, 0) is 13.0 Å². The quantitative estimate of drug-likeness (QED) is 0.347. The van der Waals surface area contributed by atoms with Gasteiger partial charge in [0.1, 0.15) is 5.69 Å². The summed E-state index contributed by atoms with van der Waals surface area (Å²) in [6.07, 6.45) is 7.03. The lowest BCUT2D eigenvalue weighted by molar-refractivity contribution is 0.0683. The number of rotatable bonds is 8. The van der Waals surface area contributed by atoms with E-state index in [9.17, 15) is 9.59 Å². The van der Waals surface area contributed by atoms with Crippen LogP contribution in [0.4, 0.5) is 0 Å². The van der Waals surface area contributed by atoms with Crippen LogP contribution in [0.15, 0.2) is 79.4 Å². The Bertz CT molecular complexity index is 1530. The largest absolute Gasteiger partial charge is 0.475 e. The number of aromatic nitrogens is 6. The molecular weight excluding hydrogens is 458 g/mol. The molecule has 0 radical (unpaired) electrons. The van der Waals surface area contributed by atoms with E-state index in [0.717, 1.165) is 28.5 Å². The van der Waals surface area contributed by atoms with E-state index in [1.807, 2.05) is 36.4 Å². The molecule has 0 aliphatic heterocycles. The molecule has 0 saturated carbocycles. The fourth-order valence-electron chi connectivity index (χ4n) is 3.73. The Kier molecular flexibility index (Phi) is 6.39.